The zero-order valence-electron chi connectivity index (χ0n) is 42.1. The molecule has 2 unspecified atom stereocenters. The Labute approximate surface area is 398 Å². The lowest BCUT2D eigenvalue weighted by atomic mass is 10.1. The lowest BCUT2D eigenvalue weighted by molar-refractivity contribution is -0.889. The molecule has 0 saturated heterocycles. The summed E-state index contributed by atoms with van der Waals surface area (Å²) in [6, 6.07) is -0.739. The van der Waals surface area contributed by atoms with Crippen LogP contribution in [0.1, 0.15) is 194 Å². The maximum absolute atomic E-state index is 12.8. The summed E-state index contributed by atoms with van der Waals surface area (Å²) >= 11 is 0. The van der Waals surface area contributed by atoms with E-state index in [4.69, 9.17) is 14.2 Å². The molecule has 8 nitrogen and oxygen atoms in total. The number of ether oxygens (including phenoxy) is 3. The summed E-state index contributed by atoms with van der Waals surface area (Å²) < 4.78 is 17.2. The number of carboxylic acid groups (broad SMARTS) is 1. The predicted octanol–water partition coefficient (Wildman–Crippen LogP) is 13.7. The number of quaternary nitrogens is 1. The SMILES string of the molecule is CC/C=C/C/C=C/C/C=C/C/C=C/C/C=C/C/C=C/CCCCCCC(=O)OCC(COCCC(C(=O)[O-])[N+](C)(C)C)OC(=O)CCCCCCC/C=C/C=C/CCCCCCCCC. The highest BCUT2D eigenvalue weighted by Crippen LogP contribution is 2.13. The second-order valence-electron chi connectivity index (χ2n) is 18.1. The molecule has 0 N–H and O–H groups in total. The summed E-state index contributed by atoms with van der Waals surface area (Å²) in [5.41, 5.74) is 0. The van der Waals surface area contributed by atoms with Crippen molar-refractivity contribution in [2.45, 2.75) is 206 Å². The van der Waals surface area contributed by atoms with Gasteiger partial charge in [0, 0.05) is 19.3 Å². The molecule has 0 bridgehead atoms. The fourth-order valence-corrected chi connectivity index (χ4v) is 7.01. The number of esters is 2. The van der Waals surface area contributed by atoms with Crippen LogP contribution in [0.2, 0.25) is 0 Å². The highest BCUT2D eigenvalue weighted by Gasteiger charge is 2.25. The molecule has 65 heavy (non-hydrogen) atoms. The predicted molar refractivity (Wildman–Crippen MR) is 272 cm³/mol. The molecule has 8 heteroatoms. The Morgan fingerprint density at radius 1 is 0.492 bits per heavy atom. The second-order valence-corrected chi connectivity index (χ2v) is 18.1. The Bertz CT molecular complexity index is 1380. The van der Waals surface area contributed by atoms with Gasteiger partial charge in [0.25, 0.3) is 0 Å². The van der Waals surface area contributed by atoms with Gasteiger partial charge in [-0.25, -0.2) is 0 Å². The van der Waals surface area contributed by atoms with E-state index in [0.29, 0.717) is 12.8 Å². The van der Waals surface area contributed by atoms with Crippen molar-refractivity contribution >= 4 is 17.9 Å². The van der Waals surface area contributed by atoms with Crippen LogP contribution in [0.5, 0.6) is 0 Å². The van der Waals surface area contributed by atoms with Crippen molar-refractivity contribution in [3.8, 4) is 0 Å². The summed E-state index contributed by atoms with van der Waals surface area (Å²) in [4.78, 5) is 37.0. The maximum Gasteiger partial charge on any atom is 0.306 e. The Morgan fingerprint density at radius 2 is 0.908 bits per heavy atom. The first kappa shape index (κ1) is 61.2. The van der Waals surface area contributed by atoms with E-state index in [1.165, 1.54) is 44.9 Å². The van der Waals surface area contributed by atoms with Gasteiger partial charge < -0.3 is 28.6 Å². The summed E-state index contributed by atoms with van der Waals surface area (Å²) in [5, 5.41) is 11.7. The van der Waals surface area contributed by atoms with Gasteiger partial charge in [-0.3, -0.25) is 9.59 Å². The van der Waals surface area contributed by atoms with Gasteiger partial charge in [0.2, 0.25) is 0 Å². The smallest absolute Gasteiger partial charge is 0.306 e. The van der Waals surface area contributed by atoms with Gasteiger partial charge in [-0.1, -0.05) is 182 Å². The highest BCUT2D eigenvalue weighted by molar-refractivity contribution is 5.70. The van der Waals surface area contributed by atoms with E-state index in [2.05, 4.69) is 111 Å². The molecule has 0 amide bonds. The monoisotopic (exact) mass is 906 g/mol. The average molecular weight is 906 g/mol. The summed E-state index contributed by atoms with van der Waals surface area (Å²) in [5.74, 6) is -1.80. The standard InChI is InChI=1S/C57H95NO7/c1-6-8-10-12-14-16-18-20-22-24-26-27-28-29-30-32-33-35-37-39-41-43-45-47-55(59)64-52-53(51-63-50-49-54(57(61)62)58(3,4)5)65-56(60)48-46-44-42-40-38-36-34-31-25-23-21-19-17-15-13-11-9-7-2/h8,10,14,16,20,22-23,25-27,29-31,33-35,53-54H,6-7,9,11-13,15,17-19,21,24,28,32,36-52H2,1-5H3/b10-8+,16-14+,22-20+,25-23+,27-26+,30-29+,34-31+,35-33+. The zero-order chi connectivity index (χ0) is 47.7. The number of carboxylic acids is 1. The number of likely N-dealkylation sites (N-methyl/N-ethyl adjacent to an activating group) is 1. The molecule has 0 radical (unpaired) electrons. The van der Waals surface area contributed by atoms with Crippen LogP contribution in [0.15, 0.2) is 97.2 Å². The lowest BCUT2D eigenvalue weighted by Gasteiger charge is -2.34. The van der Waals surface area contributed by atoms with Crippen molar-refractivity contribution in [2.24, 2.45) is 0 Å². The number of unbranched alkanes of at least 4 members (excludes halogenated alkanes) is 16. The highest BCUT2D eigenvalue weighted by atomic mass is 16.6. The minimum Gasteiger partial charge on any atom is -0.544 e. The fourth-order valence-electron chi connectivity index (χ4n) is 7.01. The van der Waals surface area contributed by atoms with E-state index < -0.39 is 18.1 Å². The molecule has 0 spiro atoms. The molecular weight excluding hydrogens is 811 g/mol. The van der Waals surface area contributed by atoms with Crippen LogP contribution >= 0.6 is 0 Å². The topological polar surface area (TPSA) is 102 Å². The Hall–Kier alpha value is -3.75. The molecule has 370 valence electrons. The minimum absolute atomic E-state index is 0.0202. The second kappa shape index (κ2) is 46.8. The third-order valence-corrected chi connectivity index (χ3v) is 11.0. The first-order valence-electron chi connectivity index (χ1n) is 25.8. The maximum atomic E-state index is 12.8. The van der Waals surface area contributed by atoms with Crippen LogP contribution in [-0.2, 0) is 28.6 Å². The van der Waals surface area contributed by atoms with Crippen LogP contribution < -0.4 is 5.11 Å². The van der Waals surface area contributed by atoms with Gasteiger partial charge >= 0.3 is 11.9 Å². The average Bonchev–Trinajstić information content (AvgIpc) is 3.27. The van der Waals surface area contributed by atoms with Crippen LogP contribution in [0.25, 0.3) is 0 Å². The number of allylic oxidation sites excluding steroid dienone is 16. The largest absolute Gasteiger partial charge is 0.544 e. The number of nitrogens with zero attached hydrogens (tertiary/aromatic N) is 1. The molecule has 0 aromatic rings. The third-order valence-electron chi connectivity index (χ3n) is 11.0. The van der Waals surface area contributed by atoms with Crippen molar-refractivity contribution in [1.82, 2.24) is 0 Å². The first-order valence-corrected chi connectivity index (χ1v) is 25.8. The minimum atomic E-state index is -1.13. The van der Waals surface area contributed by atoms with Crippen LogP contribution in [0.4, 0.5) is 0 Å². The number of carbonyl (C=O) groups excluding carboxylic acids is 3. The number of aliphatic carboxylic acids is 1. The van der Waals surface area contributed by atoms with Crippen molar-refractivity contribution in [2.75, 3.05) is 41.0 Å². The number of carbonyl (C=O) groups is 3. The fraction of sp³-hybridized carbons (Fsp3) is 0.667. The van der Waals surface area contributed by atoms with Crippen LogP contribution in [-0.4, -0.2) is 75.5 Å². The Kier molecular flexibility index (Phi) is 44.1. The zero-order valence-corrected chi connectivity index (χ0v) is 42.1. The molecule has 0 saturated carbocycles. The molecule has 2 atom stereocenters. The number of rotatable bonds is 45. The number of hydrogen-bond donors (Lipinski definition) is 0. The first-order chi connectivity index (χ1) is 31.6. The lowest BCUT2D eigenvalue weighted by Crippen LogP contribution is -2.55. The summed E-state index contributed by atoms with van der Waals surface area (Å²) in [6.45, 7) is 4.49. The Morgan fingerprint density at radius 3 is 1.37 bits per heavy atom. The van der Waals surface area contributed by atoms with Gasteiger partial charge in [-0.15, -0.1) is 0 Å². The van der Waals surface area contributed by atoms with Gasteiger partial charge in [0.1, 0.15) is 12.6 Å². The van der Waals surface area contributed by atoms with Crippen molar-refractivity contribution in [3.05, 3.63) is 97.2 Å². The van der Waals surface area contributed by atoms with E-state index >= 15 is 0 Å². The summed E-state index contributed by atoms with van der Waals surface area (Å²) in [6.07, 6.45) is 62.9. The van der Waals surface area contributed by atoms with E-state index in [-0.39, 0.29) is 42.7 Å². The van der Waals surface area contributed by atoms with E-state index in [0.717, 1.165) is 116 Å². The molecule has 0 aromatic carbocycles. The molecular formula is C57H95NO7. The van der Waals surface area contributed by atoms with Crippen LogP contribution in [0, 0.1) is 0 Å². The molecule has 0 aromatic heterocycles. The molecule has 0 aliphatic rings. The van der Waals surface area contributed by atoms with Gasteiger partial charge in [0.05, 0.1) is 40.3 Å². The molecule has 0 heterocycles. The van der Waals surface area contributed by atoms with Crippen molar-refractivity contribution in [1.29, 1.82) is 0 Å². The molecule has 0 fully saturated rings. The quantitative estimate of drug-likeness (QED) is 0.0197. The van der Waals surface area contributed by atoms with E-state index in [9.17, 15) is 19.5 Å². The molecule has 0 rings (SSSR count). The third kappa shape index (κ3) is 45.2. The van der Waals surface area contributed by atoms with Gasteiger partial charge in [0.15, 0.2) is 6.10 Å². The van der Waals surface area contributed by atoms with Crippen LogP contribution in [0.3, 0.4) is 0 Å². The Balaban J connectivity index is 4.35. The van der Waals surface area contributed by atoms with Gasteiger partial charge in [-0.05, 0) is 89.9 Å². The number of hydrogen-bond acceptors (Lipinski definition) is 7. The van der Waals surface area contributed by atoms with Gasteiger partial charge in [-0.2, -0.15) is 0 Å². The normalized spacial score (nSPS) is 13.7. The van der Waals surface area contributed by atoms with Crippen molar-refractivity contribution < 1.29 is 38.2 Å². The van der Waals surface area contributed by atoms with Crippen molar-refractivity contribution in [3.63, 3.8) is 0 Å². The van der Waals surface area contributed by atoms with E-state index in [1.54, 1.807) is 21.1 Å². The summed E-state index contributed by atoms with van der Waals surface area (Å²) in [7, 11) is 5.39. The molecule has 0 aliphatic heterocycles. The van der Waals surface area contributed by atoms with E-state index in [1.807, 2.05) is 0 Å². The molecule has 0 aliphatic carbocycles.